The van der Waals surface area contributed by atoms with Crippen molar-refractivity contribution in [3.63, 3.8) is 0 Å². The summed E-state index contributed by atoms with van der Waals surface area (Å²) < 4.78 is 2.29. The fraction of sp³-hybridized carbons (Fsp3) is 0.250. The Hall–Kier alpha value is -2.36. The van der Waals surface area contributed by atoms with E-state index in [9.17, 15) is 0 Å². The van der Waals surface area contributed by atoms with Crippen LogP contribution >= 0.6 is 0 Å². The lowest BCUT2D eigenvalue weighted by Crippen LogP contribution is -2.00. The first-order valence-electron chi connectivity index (χ1n) is 6.93. The predicted octanol–water partition coefficient (Wildman–Crippen LogP) is 3.32. The zero-order valence-corrected chi connectivity index (χ0v) is 11.4. The first kappa shape index (κ1) is 11.5. The summed E-state index contributed by atoms with van der Waals surface area (Å²) in [4.78, 5) is 9.31. The van der Waals surface area contributed by atoms with Crippen LogP contribution in [0.15, 0.2) is 36.5 Å². The maximum atomic E-state index is 5.85. The first-order valence-corrected chi connectivity index (χ1v) is 6.93. The molecule has 0 radical (unpaired) electrons. The van der Waals surface area contributed by atoms with E-state index in [1.807, 2.05) is 30.5 Å². The van der Waals surface area contributed by atoms with Gasteiger partial charge in [-0.15, -0.1) is 0 Å². The molecule has 0 amide bonds. The summed E-state index contributed by atoms with van der Waals surface area (Å²) in [7, 11) is 0. The second kappa shape index (κ2) is 4.07. The van der Waals surface area contributed by atoms with E-state index in [-0.39, 0.29) is 0 Å². The minimum atomic E-state index is 0.543. The second-order valence-corrected chi connectivity index (χ2v) is 5.46. The van der Waals surface area contributed by atoms with Crippen LogP contribution in [0.5, 0.6) is 0 Å². The fourth-order valence-corrected chi connectivity index (χ4v) is 2.74. The number of nitrogens with zero attached hydrogens (tertiary/aromatic N) is 3. The van der Waals surface area contributed by atoms with Crippen molar-refractivity contribution in [1.82, 2.24) is 14.5 Å². The largest absolute Gasteiger partial charge is 0.399 e. The third-order valence-electron chi connectivity index (χ3n) is 3.85. The van der Waals surface area contributed by atoms with Gasteiger partial charge in [0, 0.05) is 23.5 Å². The molecule has 4 rings (SSSR count). The van der Waals surface area contributed by atoms with Crippen molar-refractivity contribution >= 4 is 16.9 Å². The van der Waals surface area contributed by atoms with Gasteiger partial charge < -0.3 is 10.3 Å². The molecule has 2 heterocycles. The van der Waals surface area contributed by atoms with E-state index in [0.717, 1.165) is 33.8 Å². The van der Waals surface area contributed by atoms with Crippen LogP contribution in [0, 0.1) is 6.92 Å². The Labute approximate surface area is 117 Å². The Morgan fingerprint density at radius 1 is 1.25 bits per heavy atom. The molecular formula is C16H16N4. The van der Waals surface area contributed by atoms with Crippen molar-refractivity contribution in [2.75, 3.05) is 5.73 Å². The van der Waals surface area contributed by atoms with Gasteiger partial charge in [0.2, 0.25) is 0 Å². The number of pyridine rings is 1. The Bertz CT molecular complexity index is 799. The van der Waals surface area contributed by atoms with Gasteiger partial charge in [-0.2, -0.15) is 0 Å². The molecule has 0 atom stereocenters. The highest BCUT2D eigenvalue weighted by atomic mass is 15.2. The molecule has 4 nitrogen and oxygen atoms in total. The second-order valence-electron chi connectivity index (χ2n) is 5.46. The van der Waals surface area contributed by atoms with Crippen molar-refractivity contribution in [2.45, 2.75) is 25.8 Å². The number of benzene rings is 1. The smallest absolute Gasteiger partial charge is 0.160 e. The molecule has 0 bridgehead atoms. The molecular weight excluding hydrogens is 248 g/mol. The maximum Gasteiger partial charge on any atom is 0.160 e. The van der Waals surface area contributed by atoms with Crippen LogP contribution in [0.4, 0.5) is 5.69 Å². The molecule has 0 unspecified atom stereocenters. The molecule has 1 saturated carbocycles. The van der Waals surface area contributed by atoms with Gasteiger partial charge >= 0.3 is 0 Å². The van der Waals surface area contributed by atoms with Gasteiger partial charge in [0.25, 0.3) is 0 Å². The number of rotatable bonds is 2. The molecule has 1 fully saturated rings. The summed E-state index contributed by atoms with van der Waals surface area (Å²) in [6.07, 6.45) is 4.26. The van der Waals surface area contributed by atoms with E-state index < -0.39 is 0 Å². The highest BCUT2D eigenvalue weighted by Crippen LogP contribution is 2.41. The van der Waals surface area contributed by atoms with E-state index in [0.29, 0.717) is 6.04 Å². The molecule has 0 aliphatic heterocycles. The molecule has 2 N–H and O–H groups in total. The van der Waals surface area contributed by atoms with Crippen molar-refractivity contribution < 1.29 is 0 Å². The zero-order valence-electron chi connectivity index (χ0n) is 11.4. The summed E-state index contributed by atoms with van der Waals surface area (Å²) in [5.74, 6) is 1.01. The molecule has 1 aromatic carbocycles. The van der Waals surface area contributed by atoms with Gasteiger partial charge in [-0.25, -0.2) is 9.97 Å². The number of aromatic nitrogens is 3. The van der Waals surface area contributed by atoms with Crippen LogP contribution in [0.25, 0.3) is 22.6 Å². The number of nitrogens with two attached hydrogens (primary N) is 1. The van der Waals surface area contributed by atoms with Gasteiger partial charge in [-0.3, -0.25) is 0 Å². The standard InChI is InChI=1S/C16H16N4/c1-10-9-11(17)4-7-13(10)15-19-14-3-2-8-18-16(14)20(15)12-5-6-12/h2-4,7-9,12H,5-6,17H2,1H3. The SMILES string of the molecule is Cc1cc(N)ccc1-c1nc2cccnc2n1C1CC1. The molecule has 0 spiro atoms. The van der Waals surface area contributed by atoms with Gasteiger partial charge in [0.15, 0.2) is 5.65 Å². The summed E-state index contributed by atoms with van der Waals surface area (Å²) in [5.41, 5.74) is 10.9. The highest BCUT2D eigenvalue weighted by molar-refractivity contribution is 5.78. The van der Waals surface area contributed by atoms with Crippen molar-refractivity contribution in [3.05, 3.63) is 42.1 Å². The van der Waals surface area contributed by atoms with E-state index in [1.54, 1.807) is 0 Å². The van der Waals surface area contributed by atoms with Crippen LogP contribution < -0.4 is 5.73 Å². The monoisotopic (exact) mass is 264 g/mol. The third kappa shape index (κ3) is 1.68. The highest BCUT2D eigenvalue weighted by Gasteiger charge is 2.29. The summed E-state index contributed by atoms with van der Waals surface area (Å²) in [6.45, 7) is 2.08. The molecule has 0 saturated heterocycles. The lowest BCUT2D eigenvalue weighted by atomic mass is 10.1. The lowest BCUT2D eigenvalue weighted by Gasteiger charge is -2.09. The number of nitrogen functional groups attached to an aromatic ring is 1. The number of anilines is 1. The molecule has 100 valence electrons. The van der Waals surface area contributed by atoms with Crippen molar-refractivity contribution in [1.29, 1.82) is 0 Å². The minimum Gasteiger partial charge on any atom is -0.399 e. The average molecular weight is 264 g/mol. The zero-order chi connectivity index (χ0) is 13.7. The van der Waals surface area contributed by atoms with Gasteiger partial charge in [0.05, 0.1) is 0 Å². The Kier molecular flexibility index (Phi) is 2.33. The lowest BCUT2D eigenvalue weighted by molar-refractivity contribution is 0.766. The molecule has 1 aliphatic rings. The molecule has 20 heavy (non-hydrogen) atoms. The number of hydrogen-bond acceptors (Lipinski definition) is 3. The maximum absolute atomic E-state index is 5.85. The van der Waals surface area contributed by atoms with E-state index >= 15 is 0 Å². The van der Waals surface area contributed by atoms with Crippen LogP contribution in [0.1, 0.15) is 24.4 Å². The van der Waals surface area contributed by atoms with Crippen molar-refractivity contribution in [3.8, 4) is 11.4 Å². The van der Waals surface area contributed by atoms with Gasteiger partial charge in [0.1, 0.15) is 11.3 Å². The Morgan fingerprint density at radius 3 is 2.85 bits per heavy atom. The van der Waals surface area contributed by atoms with E-state index in [4.69, 9.17) is 10.7 Å². The number of fused-ring (bicyclic) bond motifs is 1. The number of imidazole rings is 1. The van der Waals surface area contributed by atoms with Crippen molar-refractivity contribution in [2.24, 2.45) is 0 Å². The Balaban J connectivity index is 2.01. The summed E-state index contributed by atoms with van der Waals surface area (Å²) in [6, 6.07) is 10.5. The van der Waals surface area contributed by atoms with Crippen LogP contribution in [-0.2, 0) is 0 Å². The topological polar surface area (TPSA) is 56.7 Å². The number of aryl methyl sites for hydroxylation is 1. The normalized spacial score (nSPS) is 14.8. The van der Waals surface area contributed by atoms with Crippen LogP contribution in [0.2, 0.25) is 0 Å². The summed E-state index contributed by atoms with van der Waals surface area (Å²) in [5, 5.41) is 0. The van der Waals surface area contributed by atoms with Crippen LogP contribution in [0.3, 0.4) is 0 Å². The minimum absolute atomic E-state index is 0.543. The van der Waals surface area contributed by atoms with E-state index in [1.165, 1.54) is 12.8 Å². The van der Waals surface area contributed by atoms with Gasteiger partial charge in [-0.05, 0) is 55.7 Å². The predicted molar refractivity (Wildman–Crippen MR) is 80.4 cm³/mol. The Morgan fingerprint density at radius 2 is 2.10 bits per heavy atom. The quantitative estimate of drug-likeness (QED) is 0.722. The fourth-order valence-electron chi connectivity index (χ4n) is 2.74. The third-order valence-corrected chi connectivity index (χ3v) is 3.85. The molecule has 1 aliphatic carbocycles. The van der Waals surface area contributed by atoms with Gasteiger partial charge in [-0.1, -0.05) is 0 Å². The number of hydrogen-bond donors (Lipinski definition) is 1. The molecule has 3 aromatic rings. The molecule has 2 aromatic heterocycles. The molecule has 4 heteroatoms. The first-order chi connectivity index (χ1) is 9.74. The van der Waals surface area contributed by atoms with Crippen LogP contribution in [-0.4, -0.2) is 14.5 Å². The van der Waals surface area contributed by atoms with E-state index in [2.05, 4.69) is 22.5 Å². The summed E-state index contributed by atoms with van der Waals surface area (Å²) >= 11 is 0. The average Bonchev–Trinajstić information content (AvgIpc) is 3.19.